The topological polar surface area (TPSA) is 36.7 Å². The standard InChI is InChI=1S/C11H7BrN2S2/c1-7-5-16-11(14-7)9(4-13)2-8-3-10(12)15-6-8/h2-3,5-6H,1H3. The van der Waals surface area contributed by atoms with Crippen LogP contribution < -0.4 is 0 Å². The van der Waals surface area contributed by atoms with Crippen molar-refractivity contribution in [3.8, 4) is 6.07 Å². The second kappa shape index (κ2) is 4.91. The molecule has 2 aromatic rings. The lowest BCUT2D eigenvalue weighted by Crippen LogP contribution is -1.80. The number of thiazole rings is 1. The second-order valence-electron chi connectivity index (χ2n) is 3.15. The van der Waals surface area contributed by atoms with E-state index < -0.39 is 0 Å². The van der Waals surface area contributed by atoms with Crippen LogP contribution in [0, 0.1) is 18.3 Å². The highest BCUT2D eigenvalue weighted by atomic mass is 79.9. The fraction of sp³-hybridized carbons (Fsp3) is 0.0909. The van der Waals surface area contributed by atoms with Crippen LogP contribution >= 0.6 is 38.6 Å². The number of rotatable bonds is 2. The Labute approximate surface area is 110 Å². The van der Waals surface area contributed by atoms with Crippen LogP contribution in [-0.4, -0.2) is 4.98 Å². The minimum atomic E-state index is 0.614. The Morgan fingerprint density at radius 1 is 1.50 bits per heavy atom. The van der Waals surface area contributed by atoms with Crippen LogP contribution in [0.4, 0.5) is 0 Å². The van der Waals surface area contributed by atoms with Gasteiger partial charge in [0.05, 0.1) is 9.36 Å². The molecule has 0 unspecified atom stereocenters. The maximum Gasteiger partial charge on any atom is 0.134 e. The minimum absolute atomic E-state index is 0.614. The third-order valence-corrected chi connectivity index (χ3v) is 4.38. The Morgan fingerprint density at radius 3 is 2.81 bits per heavy atom. The fourth-order valence-corrected chi connectivity index (χ4v) is 3.08. The maximum atomic E-state index is 9.10. The molecule has 0 aromatic carbocycles. The fourth-order valence-electron chi connectivity index (χ4n) is 1.19. The van der Waals surface area contributed by atoms with Crippen molar-refractivity contribution in [1.29, 1.82) is 5.26 Å². The third-order valence-electron chi connectivity index (χ3n) is 1.87. The van der Waals surface area contributed by atoms with Crippen molar-refractivity contribution in [2.45, 2.75) is 6.92 Å². The van der Waals surface area contributed by atoms with E-state index in [4.69, 9.17) is 5.26 Å². The highest BCUT2D eigenvalue weighted by Crippen LogP contribution is 2.26. The summed E-state index contributed by atoms with van der Waals surface area (Å²) in [6.07, 6.45) is 1.86. The number of halogens is 1. The molecule has 0 bridgehead atoms. The molecule has 0 fully saturated rings. The van der Waals surface area contributed by atoms with Gasteiger partial charge in [-0.15, -0.1) is 22.7 Å². The summed E-state index contributed by atoms with van der Waals surface area (Å²) in [5.41, 5.74) is 2.59. The minimum Gasteiger partial charge on any atom is -0.241 e. The van der Waals surface area contributed by atoms with Crippen molar-refractivity contribution in [2.24, 2.45) is 0 Å². The number of allylic oxidation sites excluding steroid dienone is 1. The zero-order valence-corrected chi connectivity index (χ0v) is 11.6. The monoisotopic (exact) mass is 310 g/mol. The van der Waals surface area contributed by atoms with Gasteiger partial charge in [-0.25, -0.2) is 4.98 Å². The van der Waals surface area contributed by atoms with E-state index in [2.05, 4.69) is 27.0 Å². The number of nitrogens with zero attached hydrogens (tertiary/aromatic N) is 2. The largest absolute Gasteiger partial charge is 0.241 e. The molecule has 0 saturated heterocycles. The van der Waals surface area contributed by atoms with Gasteiger partial charge in [0.15, 0.2) is 0 Å². The predicted molar refractivity (Wildman–Crippen MR) is 72.4 cm³/mol. The van der Waals surface area contributed by atoms with Crippen molar-refractivity contribution in [2.75, 3.05) is 0 Å². The number of aryl methyl sites for hydroxylation is 1. The Kier molecular flexibility index (Phi) is 3.54. The molecule has 0 spiro atoms. The molecule has 16 heavy (non-hydrogen) atoms. The number of hydrogen-bond acceptors (Lipinski definition) is 4. The molecule has 2 aromatic heterocycles. The summed E-state index contributed by atoms with van der Waals surface area (Å²) < 4.78 is 1.06. The van der Waals surface area contributed by atoms with Gasteiger partial charge in [0, 0.05) is 11.1 Å². The predicted octanol–water partition coefficient (Wildman–Crippen LogP) is 4.34. The summed E-state index contributed by atoms with van der Waals surface area (Å²) >= 11 is 6.50. The van der Waals surface area contributed by atoms with Gasteiger partial charge >= 0.3 is 0 Å². The molecular weight excluding hydrogens is 304 g/mol. The summed E-state index contributed by atoms with van der Waals surface area (Å²) in [5.74, 6) is 0. The van der Waals surface area contributed by atoms with E-state index in [9.17, 15) is 0 Å². The van der Waals surface area contributed by atoms with E-state index in [1.165, 1.54) is 11.3 Å². The number of thiophene rings is 1. The summed E-state index contributed by atoms with van der Waals surface area (Å²) in [7, 11) is 0. The molecule has 2 nitrogen and oxygen atoms in total. The summed E-state index contributed by atoms with van der Waals surface area (Å²) in [4.78, 5) is 4.30. The van der Waals surface area contributed by atoms with Crippen LogP contribution in [0.5, 0.6) is 0 Å². The lowest BCUT2D eigenvalue weighted by Gasteiger charge is -1.90. The molecule has 0 N–H and O–H groups in total. The van der Waals surface area contributed by atoms with Crippen LogP contribution in [0.3, 0.4) is 0 Å². The SMILES string of the molecule is Cc1csc(C(C#N)=Cc2csc(Br)c2)n1. The Balaban J connectivity index is 2.37. The van der Waals surface area contributed by atoms with Crippen LogP contribution in [-0.2, 0) is 0 Å². The normalized spacial score (nSPS) is 11.4. The van der Waals surface area contributed by atoms with Gasteiger partial charge < -0.3 is 0 Å². The zero-order chi connectivity index (χ0) is 11.5. The van der Waals surface area contributed by atoms with Gasteiger partial charge in [0.2, 0.25) is 0 Å². The highest BCUT2D eigenvalue weighted by molar-refractivity contribution is 9.11. The molecule has 2 rings (SSSR count). The van der Waals surface area contributed by atoms with E-state index >= 15 is 0 Å². The summed E-state index contributed by atoms with van der Waals surface area (Å²) in [6.45, 7) is 1.93. The van der Waals surface area contributed by atoms with Crippen molar-refractivity contribution in [1.82, 2.24) is 4.98 Å². The second-order valence-corrected chi connectivity index (χ2v) is 6.30. The van der Waals surface area contributed by atoms with Gasteiger partial charge in [-0.1, -0.05) is 0 Å². The molecule has 5 heteroatoms. The van der Waals surface area contributed by atoms with Gasteiger partial charge in [-0.2, -0.15) is 5.26 Å². The number of aromatic nitrogens is 1. The van der Waals surface area contributed by atoms with Gasteiger partial charge in [0.1, 0.15) is 11.1 Å². The van der Waals surface area contributed by atoms with Crippen LogP contribution in [0.15, 0.2) is 20.6 Å². The molecule has 0 atom stereocenters. The lowest BCUT2D eigenvalue weighted by molar-refractivity contribution is 1.25. The first-order valence-electron chi connectivity index (χ1n) is 4.47. The van der Waals surface area contributed by atoms with Crippen LogP contribution in [0.25, 0.3) is 11.6 Å². The van der Waals surface area contributed by atoms with Crippen molar-refractivity contribution >= 4 is 50.3 Å². The maximum absolute atomic E-state index is 9.10. The zero-order valence-electron chi connectivity index (χ0n) is 8.40. The first-order chi connectivity index (χ1) is 7.69. The molecule has 2 heterocycles. The molecule has 0 aliphatic rings. The van der Waals surface area contributed by atoms with E-state index in [0.717, 1.165) is 20.1 Å². The van der Waals surface area contributed by atoms with E-state index in [0.29, 0.717) is 5.57 Å². The van der Waals surface area contributed by atoms with Gasteiger partial charge in [0.25, 0.3) is 0 Å². The van der Waals surface area contributed by atoms with Gasteiger partial charge in [-0.05, 0) is 45.9 Å². The Hall–Kier alpha value is -0.960. The molecule has 0 aliphatic carbocycles. The smallest absolute Gasteiger partial charge is 0.134 e. The third kappa shape index (κ3) is 2.59. The molecule has 0 radical (unpaired) electrons. The van der Waals surface area contributed by atoms with Gasteiger partial charge in [-0.3, -0.25) is 0 Å². The molecule has 0 amide bonds. The summed E-state index contributed by atoms with van der Waals surface area (Å²) in [6, 6.07) is 4.18. The first-order valence-corrected chi connectivity index (χ1v) is 7.02. The first kappa shape index (κ1) is 11.5. The lowest BCUT2D eigenvalue weighted by atomic mass is 10.2. The van der Waals surface area contributed by atoms with Crippen molar-refractivity contribution < 1.29 is 0 Å². The number of hydrogen-bond donors (Lipinski definition) is 0. The Bertz CT molecular complexity index is 575. The highest BCUT2D eigenvalue weighted by Gasteiger charge is 2.06. The average Bonchev–Trinajstić information content (AvgIpc) is 2.84. The molecule has 80 valence electrons. The van der Waals surface area contributed by atoms with Crippen molar-refractivity contribution in [3.63, 3.8) is 0 Å². The van der Waals surface area contributed by atoms with E-state index in [1.54, 1.807) is 11.3 Å². The molecule has 0 saturated carbocycles. The average molecular weight is 311 g/mol. The summed E-state index contributed by atoms with van der Waals surface area (Å²) in [5, 5.41) is 13.8. The van der Waals surface area contributed by atoms with Crippen molar-refractivity contribution in [3.05, 3.63) is 36.9 Å². The molecular formula is C11H7BrN2S2. The van der Waals surface area contributed by atoms with E-state index in [1.807, 2.05) is 29.8 Å². The van der Waals surface area contributed by atoms with E-state index in [-0.39, 0.29) is 0 Å². The Morgan fingerprint density at radius 2 is 2.31 bits per heavy atom. The molecule has 0 aliphatic heterocycles. The van der Waals surface area contributed by atoms with Crippen LogP contribution in [0.2, 0.25) is 0 Å². The quantitative estimate of drug-likeness (QED) is 0.774. The number of nitriles is 1. The van der Waals surface area contributed by atoms with Crippen LogP contribution in [0.1, 0.15) is 16.3 Å².